The summed E-state index contributed by atoms with van der Waals surface area (Å²) in [4.78, 5) is 31.6. The number of carbonyl (C=O) groups excluding carboxylic acids is 1. The van der Waals surface area contributed by atoms with Crippen LogP contribution >= 0.6 is 0 Å². The second-order valence-electron chi connectivity index (χ2n) is 7.42. The van der Waals surface area contributed by atoms with Gasteiger partial charge in [-0.05, 0) is 30.9 Å². The molecule has 0 spiro atoms. The topological polar surface area (TPSA) is 73.0 Å². The van der Waals surface area contributed by atoms with Crippen LogP contribution in [-0.4, -0.2) is 42.2 Å². The molecular formula is C18H23N5O2. The molecule has 2 aromatic rings. The maximum absolute atomic E-state index is 13.0. The Balaban J connectivity index is 1.64. The summed E-state index contributed by atoms with van der Waals surface area (Å²) < 4.78 is 3.36. The number of nitrogens with zero attached hydrogens (tertiary/aromatic N) is 5. The van der Waals surface area contributed by atoms with E-state index in [1.807, 2.05) is 4.90 Å². The first-order valence-corrected chi connectivity index (χ1v) is 8.94. The minimum atomic E-state index is -0.0486. The number of amides is 1. The molecular weight excluding hydrogens is 318 g/mol. The molecule has 0 unspecified atom stereocenters. The Morgan fingerprint density at radius 3 is 2.68 bits per heavy atom. The maximum Gasteiger partial charge on any atom is 0.345 e. The Morgan fingerprint density at radius 1 is 1.24 bits per heavy atom. The minimum absolute atomic E-state index is 0.0307. The number of fused-ring (bicyclic) bond motifs is 3. The summed E-state index contributed by atoms with van der Waals surface area (Å²) in [6, 6.07) is 3.67. The van der Waals surface area contributed by atoms with Crippen molar-refractivity contribution in [3.8, 4) is 0 Å². The van der Waals surface area contributed by atoms with Gasteiger partial charge in [-0.3, -0.25) is 14.3 Å². The monoisotopic (exact) mass is 341 g/mol. The highest BCUT2D eigenvalue weighted by atomic mass is 16.2. The molecule has 1 amide bonds. The Bertz CT molecular complexity index is 839. The average Bonchev–Trinajstić information content (AvgIpc) is 3.04. The summed E-state index contributed by atoms with van der Waals surface area (Å²) >= 11 is 0. The molecule has 2 aliphatic heterocycles. The largest absolute Gasteiger partial charge is 0.345 e. The fourth-order valence-corrected chi connectivity index (χ4v) is 4.02. The van der Waals surface area contributed by atoms with E-state index in [1.165, 1.54) is 0 Å². The van der Waals surface area contributed by atoms with Crippen LogP contribution in [0.4, 0.5) is 0 Å². The van der Waals surface area contributed by atoms with E-state index in [2.05, 4.69) is 23.9 Å². The third kappa shape index (κ3) is 2.77. The lowest BCUT2D eigenvalue weighted by atomic mass is 10.1. The molecule has 1 saturated heterocycles. The van der Waals surface area contributed by atoms with E-state index in [-0.39, 0.29) is 23.7 Å². The Hall–Kier alpha value is -2.44. The van der Waals surface area contributed by atoms with E-state index in [9.17, 15) is 9.59 Å². The van der Waals surface area contributed by atoms with E-state index in [1.54, 1.807) is 33.8 Å². The van der Waals surface area contributed by atoms with Crippen LogP contribution in [0.3, 0.4) is 0 Å². The summed E-state index contributed by atoms with van der Waals surface area (Å²) in [5.41, 5.74) is 0.608. The van der Waals surface area contributed by atoms with Crippen molar-refractivity contribution in [3.05, 3.63) is 46.4 Å². The lowest BCUT2D eigenvalue weighted by Crippen LogP contribution is -2.43. The second kappa shape index (κ2) is 6.13. The van der Waals surface area contributed by atoms with Gasteiger partial charge in [0.15, 0.2) is 0 Å². The molecule has 0 radical (unpaired) electrons. The van der Waals surface area contributed by atoms with Gasteiger partial charge in [0.2, 0.25) is 0 Å². The zero-order chi connectivity index (χ0) is 17.6. The third-order valence-electron chi connectivity index (χ3n) is 5.13. The molecule has 7 heteroatoms. The average molecular weight is 341 g/mol. The van der Waals surface area contributed by atoms with Gasteiger partial charge in [-0.1, -0.05) is 13.8 Å². The normalized spacial score (nSPS) is 22.1. The standard InChI is InChI=1S/C18H23N5O2/c1-12(2)10-22-18(25)21-11-15-4-3-14(9-16(21)20-22)23(15)17(24)13-5-7-19-8-6-13/h5-8,12,14-15H,3-4,9-11H2,1-2H3/t14-,15+/m0/s1. The highest BCUT2D eigenvalue weighted by Gasteiger charge is 2.41. The van der Waals surface area contributed by atoms with Crippen molar-refractivity contribution >= 4 is 5.91 Å². The molecule has 0 saturated carbocycles. The van der Waals surface area contributed by atoms with E-state index in [0.717, 1.165) is 18.7 Å². The SMILES string of the molecule is CC(C)Cn1nc2n(c1=O)C[C@H]1CC[C@@H](C2)N1C(=O)c1ccncc1. The maximum atomic E-state index is 13.0. The zero-order valence-electron chi connectivity index (χ0n) is 14.6. The highest BCUT2D eigenvalue weighted by molar-refractivity contribution is 5.94. The van der Waals surface area contributed by atoms with Crippen LogP contribution < -0.4 is 5.69 Å². The van der Waals surface area contributed by atoms with Gasteiger partial charge in [-0.25, -0.2) is 9.48 Å². The lowest BCUT2D eigenvalue weighted by molar-refractivity contribution is 0.0664. The molecule has 7 nitrogen and oxygen atoms in total. The van der Waals surface area contributed by atoms with Gasteiger partial charge in [0, 0.05) is 43.5 Å². The summed E-state index contributed by atoms with van der Waals surface area (Å²) in [5, 5.41) is 4.55. The van der Waals surface area contributed by atoms with Gasteiger partial charge in [-0.15, -0.1) is 0 Å². The number of carbonyl (C=O) groups is 1. The molecule has 4 rings (SSSR count). The number of hydrogen-bond donors (Lipinski definition) is 0. The molecule has 2 bridgehead atoms. The Morgan fingerprint density at radius 2 is 1.96 bits per heavy atom. The van der Waals surface area contributed by atoms with Gasteiger partial charge in [0.25, 0.3) is 5.91 Å². The molecule has 1 fully saturated rings. The number of rotatable bonds is 3. The van der Waals surface area contributed by atoms with Crippen LogP contribution in [0.1, 0.15) is 42.9 Å². The van der Waals surface area contributed by atoms with Crippen LogP contribution in [0.2, 0.25) is 0 Å². The number of aromatic nitrogens is 4. The van der Waals surface area contributed by atoms with Crippen molar-refractivity contribution in [1.82, 2.24) is 24.2 Å². The van der Waals surface area contributed by atoms with Gasteiger partial charge in [-0.2, -0.15) is 5.10 Å². The van der Waals surface area contributed by atoms with Crippen LogP contribution in [0.15, 0.2) is 29.3 Å². The third-order valence-corrected chi connectivity index (χ3v) is 5.13. The molecule has 25 heavy (non-hydrogen) atoms. The van der Waals surface area contributed by atoms with Crippen LogP contribution in [0.5, 0.6) is 0 Å². The van der Waals surface area contributed by atoms with Crippen LogP contribution in [0, 0.1) is 5.92 Å². The predicted octanol–water partition coefficient (Wildman–Crippen LogP) is 1.33. The van der Waals surface area contributed by atoms with Gasteiger partial charge < -0.3 is 4.90 Å². The Labute approximate surface area is 146 Å². The molecule has 4 heterocycles. The molecule has 2 atom stereocenters. The molecule has 2 aromatic heterocycles. The minimum Gasteiger partial charge on any atom is -0.330 e. The second-order valence-corrected chi connectivity index (χ2v) is 7.42. The summed E-state index contributed by atoms with van der Waals surface area (Å²) in [7, 11) is 0. The van der Waals surface area contributed by atoms with E-state index < -0.39 is 0 Å². The number of pyridine rings is 1. The Kier molecular flexibility index (Phi) is 3.94. The first-order chi connectivity index (χ1) is 12.0. The van der Waals surface area contributed by atoms with Gasteiger partial charge >= 0.3 is 5.69 Å². The quantitative estimate of drug-likeness (QED) is 0.844. The van der Waals surface area contributed by atoms with Gasteiger partial charge in [0.05, 0.1) is 6.04 Å². The van der Waals surface area contributed by atoms with Crippen molar-refractivity contribution in [2.24, 2.45) is 5.92 Å². The highest BCUT2D eigenvalue weighted by Crippen LogP contribution is 2.31. The molecule has 0 N–H and O–H groups in total. The molecule has 2 aliphatic rings. The van der Waals surface area contributed by atoms with E-state index in [0.29, 0.717) is 31.0 Å². The first kappa shape index (κ1) is 16.1. The van der Waals surface area contributed by atoms with Crippen LogP contribution in [0.25, 0.3) is 0 Å². The van der Waals surface area contributed by atoms with Crippen molar-refractivity contribution < 1.29 is 4.79 Å². The van der Waals surface area contributed by atoms with Crippen LogP contribution in [-0.2, 0) is 19.5 Å². The summed E-state index contributed by atoms with van der Waals surface area (Å²) in [5.74, 6) is 1.21. The molecule has 0 aliphatic carbocycles. The van der Waals surface area contributed by atoms with E-state index >= 15 is 0 Å². The van der Waals surface area contributed by atoms with Crippen molar-refractivity contribution in [2.75, 3.05) is 0 Å². The molecule has 0 aromatic carbocycles. The molecule has 132 valence electrons. The number of hydrogen-bond acceptors (Lipinski definition) is 4. The predicted molar refractivity (Wildman–Crippen MR) is 92.2 cm³/mol. The smallest absolute Gasteiger partial charge is 0.330 e. The van der Waals surface area contributed by atoms with Crippen molar-refractivity contribution in [3.63, 3.8) is 0 Å². The van der Waals surface area contributed by atoms with E-state index in [4.69, 9.17) is 0 Å². The van der Waals surface area contributed by atoms with Gasteiger partial charge in [0.1, 0.15) is 5.82 Å². The summed E-state index contributed by atoms with van der Waals surface area (Å²) in [6.45, 7) is 5.33. The van der Waals surface area contributed by atoms with Crippen molar-refractivity contribution in [1.29, 1.82) is 0 Å². The van der Waals surface area contributed by atoms with Crippen molar-refractivity contribution in [2.45, 2.75) is 58.3 Å². The fourth-order valence-electron chi connectivity index (χ4n) is 4.02. The fraction of sp³-hybridized carbons (Fsp3) is 0.556. The summed E-state index contributed by atoms with van der Waals surface area (Å²) in [6.07, 6.45) is 5.83. The lowest BCUT2D eigenvalue weighted by Gasteiger charge is -2.28. The zero-order valence-corrected chi connectivity index (χ0v) is 14.6. The first-order valence-electron chi connectivity index (χ1n) is 8.94.